The van der Waals surface area contributed by atoms with Crippen molar-refractivity contribution >= 4 is 5.96 Å². The molecule has 3 unspecified atom stereocenters. The van der Waals surface area contributed by atoms with Crippen molar-refractivity contribution in [3.8, 4) is 0 Å². The summed E-state index contributed by atoms with van der Waals surface area (Å²) in [6.45, 7) is 3.75. The minimum atomic E-state index is 0.551. The molecule has 4 nitrogen and oxygen atoms in total. The van der Waals surface area contributed by atoms with Crippen LogP contribution in [0, 0.1) is 5.92 Å². The molecule has 2 rings (SSSR count). The average molecular weight is 196 g/mol. The van der Waals surface area contributed by atoms with Crippen molar-refractivity contribution in [2.45, 2.75) is 25.3 Å². The Hall–Kier alpha value is -0.770. The number of rotatable bonds is 1. The fourth-order valence-electron chi connectivity index (χ4n) is 2.62. The highest BCUT2D eigenvalue weighted by molar-refractivity contribution is 5.77. The van der Waals surface area contributed by atoms with Crippen LogP contribution in [0.15, 0.2) is 4.99 Å². The molecule has 0 amide bonds. The largest absolute Gasteiger partial charge is 0.370 e. The Labute approximate surface area is 85.6 Å². The summed E-state index contributed by atoms with van der Waals surface area (Å²) in [5.74, 6) is 1.37. The molecule has 0 aromatic heterocycles. The Balaban J connectivity index is 1.92. The topological polar surface area (TPSA) is 53.6 Å². The van der Waals surface area contributed by atoms with Crippen LogP contribution in [0.5, 0.6) is 0 Å². The fourth-order valence-corrected chi connectivity index (χ4v) is 2.62. The van der Waals surface area contributed by atoms with Crippen LogP contribution in [0.4, 0.5) is 0 Å². The molecule has 14 heavy (non-hydrogen) atoms. The number of guanidine groups is 1. The second kappa shape index (κ2) is 4.17. The monoisotopic (exact) mass is 196 g/mol. The predicted molar refractivity (Wildman–Crippen MR) is 58.3 cm³/mol. The van der Waals surface area contributed by atoms with Gasteiger partial charge in [0, 0.05) is 26.2 Å². The lowest BCUT2D eigenvalue weighted by atomic mass is 9.85. The molecule has 80 valence electrons. The minimum absolute atomic E-state index is 0.551. The van der Waals surface area contributed by atoms with Gasteiger partial charge in [0.1, 0.15) is 0 Å². The Morgan fingerprint density at radius 1 is 1.43 bits per heavy atom. The maximum absolute atomic E-state index is 5.70. The van der Waals surface area contributed by atoms with Crippen LogP contribution >= 0.6 is 0 Å². The number of aliphatic imine (C=N–C) groups is 1. The molecule has 0 aromatic rings. The number of nitrogens with two attached hydrogens (primary N) is 1. The van der Waals surface area contributed by atoms with E-state index < -0.39 is 0 Å². The summed E-state index contributed by atoms with van der Waals surface area (Å²) in [7, 11) is 1.73. The summed E-state index contributed by atoms with van der Waals surface area (Å²) in [4.78, 5) is 6.52. The molecule has 0 saturated carbocycles. The molecule has 3 N–H and O–H groups in total. The van der Waals surface area contributed by atoms with Crippen molar-refractivity contribution in [2.24, 2.45) is 16.6 Å². The van der Waals surface area contributed by atoms with Crippen molar-refractivity contribution in [1.82, 2.24) is 10.2 Å². The molecule has 2 bridgehead atoms. The predicted octanol–water partition coefficient (Wildman–Crippen LogP) is 0.00480. The highest BCUT2D eigenvalue weighted by atomic mass is 15.2. The van der Waals surface area contributed by atoms with Crippen LogP contribution in [0.25, 0.3) is 0 Å². The number of piperidine rings is 2. The van der Waals surface area contributed by atoms with Crippen molar-refractivity contribution in [1.29, 1.82) is 0 Å². The maximum atomic E-state index is 5.70. The van der Waals surface area contributed by atoms with E-state index in [2.05, 4.69) is 15.2 Å². The van der Waals surface area contributed by atoms with Crippen LogP contribution < -0.4 is 11.1 Å². The van der Waals surface area contributed by atoms with Gasteiger partial charge in [0.05, 0.1) is 0 Å². The lowest BCUT2D eigenvalue weighted by molar-refractivity contribution is 0.0995. The second-order valence-electron chi connectivity index (χ2n) is 4.35. The molecule has 3 atom stereocenters. The third kappa shape index (κ3) is 2.00. The van der Waals surface area contributed by atoms with Crippen molar-refractivity contribution < 1.29 is 0 Å². The first-order chi connectivity index (χ1) is 6.79. The Kier molecular flexibility index (Phi) is 2.91. The van der Waals surface area contributed by atoms with E-state index >= 15 is 0 Å². The number of hydrogen-bond acceptors (Lipinski definition) is 2. The van der Waals surface area contributed by atoms with Crippen molar-refractivity contribution in [3.63, 3.8) is 0 Å². The van der Waals surface area contributed by atoms with E-state index in [1.807, 2.05) is 0 Å². The molecular weight excluding hydrogens is 176 g/mol. The van der Waals surface area contributed by atoms with Gasteiger partial charge in [-0.2, -0.15) is 0 Å². The Morgan fingerprint density at radius 3 is 3.07 bits per heavy atom. The molecule has 0 radical (unpaired) electrons. The third-order valence-corrected chi connectivity index (χ3v) is 3.44. The van der Waals surface area contributed by atoms with Gasteiger partial charge in [-0.25, -0.2) is 0 Å². The first-order valence-corrected chi connectivity index (χ1v) is 5.50. The third-order valence-electron chi connectivity index (χ3n) is 3.44. The van der Waals surface area contributed by atoms with Crippen molar-refractivity contribution in [2.75, 3.05) is 26.7 Å². The molecule has 2 saturated heterocycles. The zero-order valence-electron chi connectivity index (χ0n) is 8.87. The molecule has 2 aliphatic heterocycles. The van der Waals surface area contributed by atoms with Gasteiger partial charge in [-0.15, -0.1) is 0 Å². The fraction of sp³-hybridized carbons (Fsp3) is 0.900. The van der Waals surface area contributed by atoms with Gasteiger partial charge in [0.2, 0.25) is 0 Å². The standard InChI is InChI=1S/C10H20N4/c1-12-10(11)13-9-4-6-14-5-2-3-8(9)7-14/h8-9H,2-7H2,1H3,(H3,11,12,13). The van der Waals surface area contributed by atoms with Gasteiger partial charge in [0.15, 0.2) is 5.96 Å². The normalized spacial score (nSPS) is 38.1. The first-order valence-electron chi connectivity index (χ1n) is 5.50. The molecule has 0 spiro atoms. The SMILES string of the molecule is CN=C(N)NC1CCN2CCCC1C2. The lowest BCUT2D eigenvalue weighted by Crippen LogP contribution is -2.54. The molecular formula is C10H20N4. The zero-order valence-corrected chi connectivity index (χ0v) is 8.87. The molecule has 2 fully saturated rings. The van der Waals surface area contributed by atoms with E-state index in [1.165, 1.54) is 38.9 Å². The van der Waals surface area contributed by atoms with Gasteiger partial charge < -0.3 is 16.0 Å². The van der Waals surface area contributed by atoms with Crippen LogP contribution in [0.1, 0.15) is 19.3 Å². The number of hydrogen-bond donors (Lipinski definition) is 2. The molecule has 4 heteroatoms. The van der Waals surface area contributed by atoms with Gasteiger partial charge in [-0.05, 0) is 31.7 Å². The van der Waals surface area contributed by atoms with Gasteiger partial charge in [-0.1, -0.05) is 0 Å². The lowest BCUT2D eigenvalue weighted by Gasteiger charge is -2.42. The highest BCUT2D eigenvalue weighted by Gasteiger charge is 2.31. The average Bonchev–Trinajstić information content (AvgIpc) is 2.23. The van der Waals surface area contributed by atoms with E-state index in [9.17, 15) is 0 Å². The van der Waals surface area contributed by atoms with Crippen molar-refractivity contribution in [3.05, 3.63) is 0 Å². The van der Waals surface area contributed by atoms with Crippen LogP contribution in [-0.2, 0) is 0 Å². The van der Waals surface area contributed by atoms with E-state index in [1.54, 1.807) is 7.05 Å². The molecule has 0 aliphatic carbocycles. The summed E-state index contributed by atoms with van der Waals surface area (Å²) < 4.78 is 0. The summed E-state index contributed by atoms with van der Waals surface area (Å²) in [6.07, 6.45) is 3.89. The number of fused-ring (bicyclic) bond motifs is 2. The first kappa shape index (κ1) is 9.77. The summed E-state index contributed by atoms with van der Waals surface area (Å²) >= 11 is 0. The molecule has 0 aromatic carbocycles. The zero-order chi connectivity index (χ0) is 9.97. The van der Waals surface area contributed by atoms with Gasteiger partial charge in [-0.3, -0.25) is 4.99 Å². The van der Waals surface area contributed by atoms with Gasteiger partial charge >= 0.3 is 0 Å². The van der Waals surface area contributed by atoms with E-state index in [0.29, 0.717) is 12.0 Å². The van der Waals surface area contributed by atoms with Gasteiger partial charge in [0.25, 0.3) is 0 Å². The van der Waals surface area contributed by atoms with E-state index in [4.69, 9.17) is 5.73 Å². The molecule has 2 heterocycles. The maximum Gasteiger partial charge on any atom is 0.188 e. The Morgan fingerprint density at radius 2 is 2.29 bits per heavy atom. The number of nitrogens with zero attached hydrogens (tertiary/aromatic N) is 2. The van der Waals surface area contributed by atoms with Crippen LogP contribution in [0.3, 0.4) is 0 Å². The Bertz CT molecular complexity index is 226. The highest BCUT2D eigenvalue weighted by Crippen LogP contribution is 2.26. The number of nitrogens with one attached hydrogen (secondary N) is 1. The van der Waals surface area contributed by atoms with E-state index in [-0.39, 0.29) is 0 Å². The van der Waals surface area contributed by atoms with Crippen LogP contribution in [0.2, 0.25) is 0 Å². The quantitative estimate of drug-likeness (QED) is 0.459. The van der Waals surface area contributed by atoms with E-state index in [0.717, 1.165) is 5.92 Å². The smallest absolute Gasteiger partial charge is 0.188 e. The summed E-state index contributed by atoms with van der Waals surface area (Å²) in [5.41, 5.74) is 5.70. The second-order valence-corrected chi connectivity index (χ2v) is 4.35. The summed E-state index contributed by atoms with van der Waals surface area (Å²) in [6, 6.07) is 0.551. The summed E-state index contributed by atoms with van der Waals surface area (Å²) in [5, 5.41) is 3.33. The van der Waals surface area contributed by atoms with Crippen LogP contribution in [-0.4, -0.2) is 43.6 Å². The molecule has 2 aliphatic rings. The minimum Gasteiger partial charge on any atom is -0.370 e.